The molecule has 0 aliphatic carbocycles. The topological polar surface area (TPSA) is 49.3 Å². The number of nitrogens with one attached hydrogen (secondary N) is 1. The van der Waals surface area contributed by atoms with Crippen molar-refractivity contribution < 1.29 is 9.90 Å². The van der Waals surface area contributed by atoms with Crippen LogP contribution in [0.2, 0.25) is 5.02 Å². The van der Waals surface area contributed by atoms with Crippen molar-refractivity contribution in [1.29, 1.82) is 0 Å². The summed E-state index contributed by atoms with van der Waals surface area (Å²) in [6.45, 7) is 2.83. The Morgan fingerprint density at radius 3 is 2.53 bits per heavy atom. The van der Waals surface area contributed by atoms with E-state index in [-0.39, 0.29) is 0 Å². The highest BCUT2D eigenvalue weighted by Gasteiger charge is 2.18. The van der Waals surface area contributed by atoms with E-state index in [4.69, 9.17) is 16.7 Å². The van der Waals surface area contributed by atoms with Gasteiger partial charge in [0.15, 0.2) is 0 Å². The van der Waals surface area contributed by atoms with E-state index in [1.54, 1.807) is 24.3 Å². The van der Waals surface area contributed by atoms with Crippen molar-refractivity contribution in [3.8, 4) is 0 Å². The van der Waals surface area contributed by atoms with E-state index in [0.717, 1.165) is 24.8 Å². The molecule has 0 fully saturated rings. The third kappa shape index (κ3) is 4.75. The lowest BCUT2D eigenvalue weighted by Gasteiger charge is -2.14. The van der Waals surface area contributed by atoms with Gasteiger partial charge in [-0.25, -0.2) is 0 Å². The number of hydrogen-bond acceptors (Lipinski definition) is 2. The van der Waals surface area contributed by atoms with E-state index >= 15 is 0 Å². The number of aliphatic carboxylic acids is 1. The molecule has 17 heavy (non-hydrogen) atoms. The first kappa shape index (κ1) is 14.0. The predicted octanol–water partition coefficient (Wildman–Crippen LogP) is 3.25. The highest BCUT2D eigenvalue weighted by Crippen LogP contribution is 2.16. The van der Waals surface area contributed by atoms with Crippen LogP contribution in [0, 0.1) is 0 Å². The summed E-state index contributed by atoms with van der Waals surface area (Å²) in [5.74, 6) is -0.858. The maximum atomic E-state index is 11.2. The third-order valence-electron chi connectivity index (χ3n) is 2.58. The number of carboxylic acid groups (broad SMARTS) is 1. The van der Waals surface area contributed by atoms with Gasteiger partial charge in [-0.15, -0.1) is 0 Å². The number of halogens is 1. The summed E-state index contributed by atoms with van der Waals surface area (Å²) in [6.07, 6.45) is 3.23. The normalized spacial score (nSPS) is 12.4. The summed E-state index contributed by atoms with van der Waals surface area (Å²) in [5, 5.41) is 12.8. The van der Waals surface area contributed by atoms with Crippen molar-refractivity contribution >= 4 is 17.6 Å². The minimum atomic E-state index is -0.858. The van der Waals surface area contributed by atoms with Crippen LogP contribution in [0.3, 0.4) is 0 Å². The Morgan fingerprint density at radius 1 is 1.35 bits per heavy atom. The average molecular weight is 256 g/mol. The molecule has 0 bridgehead atoms. The molecular weight excluding hydrogens is 238 g/mol. The van der Waals surface area contributed by atoms with Crippen LogP contribution >= 0.6 is 11.6 Å². The zero-order valence-electron chi connectivity index (χ0n) is 9.95. The van der Waals surface area contributed by atoms with Crippen LogP contribution in [0.25, 0.3) is 0 Å². The molecular formula is C13H18ClNO2. The van der Waals surface area contributed by atoms with E-state index < -0.39 is 12.0 Å². The summed E-state index contributed by atoms with van der Waals surface area (Å²) >= 11 is 5.77. The van der Waals surface area contributed by atoms with Crippen LogP contribution in [0.5, 0.6) is 0 Å². The minimum absolute atomic E-state index is 0.615. The molecule has 1 rings (SSSR count). The number of carbonyl (C=O) groups is 1. The summed E-state index contributed by atoms with van der Waals surface area (Å²) < 4.78 is 0. The molecule has 1 atom stereocenters. The van der Waals surface area contributed by atoms with E-state index in [1.165, 1.54) is 0 Å². The maximum Gasteiger partial charge on any atom is 0.325 e. The van der Waals surface area contributed by atoms with Crippen LogP contribution in [0.1, 0.15) is 37.8 Å². The van der Waals surface area contributed by atoms with Gasteiger partial charge in [0.1, 0.15) is 6.04 Å². The summed E-state index contributed by atoms with van der Waals surface area (Å²) in [7, 11) is 0. The van der Waals surface area contributed by atoms with Gasteiger partial charge in [0.25, 0.3) is 0 Å². The number of rotatable bonds is 7. The zero-order valence-corrected chi connectivity index (χ0v) is 10.7. The van der Waals surface area contributed by atoms with E-state index in [1.807, 2.05) is 0 Å². The molecule has 0 spiro atoms. The van der Waals surface area contributed by atoms with Gasteiger partial charge in [-0.1, -0.05) is 43.5 Å². The molecule has 3 nitrogen and oxygen atoms in total. The van der Waals surface area contributed by atoms with Gasteiger partial charge in [-0.2, -0.15) is 0 Å². The Hall–Kier alpha value is -1.06. The van der Waals surface area contributed by atoms with Gasteiger partial charge < -0.3 is 10.4 Å². The summed E-state index contributed by atoms with van der Waals surface area (Å²) in [5.41, 5.74) is 0.735. The fourth-order valence-electron chi connectivity index (χ4n) is 1.62. The highest BCUT2D eigenvalue weighted by molar-refractivity contribution is 6.30. The van der Waals surface area contributed by atoms with Crippen molar-refractivity contribution in [1.82, 2.24) is 5.32 Å². The van der Waals surface area contributed by atoms with E-state index in [0.29, 0.717) is 11.6 Å². The van der Waals surface area contributed by atoms with E-state index in [2.05, 4.69) is 12.2 Å². The second-order valence-corrected chi connectivity index (χ2v) is 4.42. The van der Waals surface area contributed by atoms with Crippen molar-refractivity contribution in [2.75, 3.05) is 6.54 Å². The Labute approximate surface area is 107 Å². The lowest BCUT2D eigenvalue weighted by Crippen LogP contribution is -2.29. The molecule has 94 valence electrons. The number of benzene rings is 1. The Bertz CT molecular complexity index is 351. The fraction of sp³-hybridized carbons (Fsp3) is 0.462. The summed E-state index contributed by atoms with van der Waals surface area (Å²) in [6, 6.07) is 6.26. The molecule has 0 saturated carbocycles. The summed E-state index contributed by atoms with van der Waals surface area (Å²) in [4.78, 5) is 11.2. The van der Waals surface area contributed by atoms with Crippen LogP contribution in [0.4, 0.5) is 0 Å². The van der Waals surface area contributed by atoms with Gasteiger partial charge in [0, 0.05) is 5.02 Å². The zero-order chi connectivity index (χ0) is 12.7. The van der Waals surface area contributed by atoms with Crippen molar-refractivity contribution in [2.45, 2.75) is 32.2 Å². The Morgan fingerprint density at radius 2 is 2.00 bits per heavy atom. The predicted molar refractivity (Wildman–Crippen MR) is 69.4 cm³/mol. The standard InChI is InChI=1S/C13H18ClNO2/c1-2-3-4-9-15-12(13(16)17)10-5-7-11(14)8-6-10/h5-8,12,15H,2-4,9H2,1H3,(H,16,17). The van der Waals surface area contributed by atoms with Gasteiger partial charge in [-0.05, 0) is 30.7 Å². The van der Waals surface area contributed by atoms with Gasteiger partial charge in [0.2, 0.25) is 0 Å². The molecule has 0 heterocycles. The van der Waals surface area contributed by atoms with Crippen LogP contribution in [-0.2, 0) is 4.79 Å². The fourth-order valence-corrected chi connectivity index (χ4v) is 1.75. The second kappa shape index (κ2) is 7.30. The monoisotopic (exact) mass is 255 g/mol. The van der Waals surface area contributed by atoms with Crippen molar-refractivity contribution in [3.05, 3.63) is 34.9 Å². The van der Waals surface area contributed by atoms with Gasteiger partial charge in [0.05, 0.1) is 0 Å². The number of unbranched alkanes of at least 4 members (excludes halogenated alkanes) is 2. The van der Waals surface area contributed by atoms with Crippen molar-refractivity contribution in [3.63, 3.8) is 0 Å². The molecule has 1 unspecified atom stereocenters. The van der Waals surface area contributed by atoms with Crippen LogP contribution in [-0.4, -0.2) is 17.6 Å². The molecule has 0 aliphatic rings. The van der Waals surface area contributed by atoms with Gasteiger partial charge in [-0.3, -0.25) is 4.79 Å². The van der Waals surface area contributed by atoms with Crippen molar-refractivity contribution in [2.24, 2.45) is 0 Å². The van der Waals surface area contributed by atoms with Crippen LogP contribution < -0.4 is 5.32 Å². The Balaban J connectivity index is 2.59. The molecule has 0 amide bonds. The first-order valence-electron chi connectivity index (χ1n) is 5.86. The molecule has 2 N–H and O–H groups in total. The molecule has 1 aromatic carbocycles. The molecule has 0 aliphatic heterocycles. The molecule has 1 aromatic rings. The lowest BCUT2D eigenvalue weighted by atomic mass is 10.1. The Kier molecular flexibility index (Phi) is 6.01. The highest BCUT2D eigenvalue weighted by atomic mass is 35.5. The largest absolute Gasteiger partial charge is 0.480 e. The molecule has 0 aromatic heterocycles. The second-order valence-electron chi connectivity index (χ2n) is 3.98. The quantitative estimate of drug-likeness (QED) is 0.736. The van der Waals surface area contributed by atoms with Gasteiger partial charge >= 0.3 is 5.97 Å². The minimum Gasteiger partial charge on any atom is -0.480 e. The van der Waals surface area contributed by atoms with Crippen LogP contribution in [0.15, 0.2) is 24.3 Å². The molecule has 4 heteroatoms. The van der Waals surface area contributed by atoms with E-state index in [9.17, 15) is 4.79 Å². The molecule has 0 saturated heterocycles. The first-order chi connectivity index (χ1) is 8.15. The maximum absolute atomic E-state index is 11.2. The first-order valence-corrected chi connectivity index (χ1v) is 6.24. The number of hydrogen-bond donors (Lipinski definition) is 2. The number of carboxylic acids is 1. The molecule has 0 radical (unpaired) electrons. The third-order valence-corrected chi connectivity index (χ3v) is 2.83. The SMILES string of the molecule is CCCCCNC(C(=O)O)c1ccc(Cl)cc1. The smallest absolute Gasteiger partial charge is 0.325 e. The average Bonchev–Trinajstić information content (AvgIpc) is 2.30. The lowest BCUT2D eigenvalue weighted by molar-refractivity contribution is -0.139.